The number of fused-ring (bicyclic) bond motifs is 2. The molecule has 0 saturated heterocycles. The van der Waals surface area contributed by atoms with Crippen molar-refractivity contribution in [1.82, 2.24) is 9.13 Å². The number of para-hydroxylation sites is 1. The Hall–Kier alpha value is -5.22. The number of hydrogen-bond donors (Lipinski definition) is 0. The molecule has 10 heteroatoms. The molecular weight excluding hydrogens is 590 g/mol. The van der Waals surface area contributed by atoms with E-state index in [0.29, 0.717) is 33.0 Å². The Labute approximate surface area is 262 Å². The van der Waals surface area contributed by atoms with Crippen LogP contribution in [0.1, 0.15) is 36.6 Å². The lowest BCUT2D eigenvalue weighted by Gasteiger charge is -2.26. The molecule has 3 aromatic carbocycles. The smallest absolute Gasteiger partial charge is 0.338 e. The van der Waals surface area contributed by atoms with Crippen molar-refractivity contribution in [2.75, 3.05) is 20.3 Å². The number of benzene rings is 3. The Morgan fingerprint density at radius 1 is 0.933 bits per heavy atom. The highest BCUT2D eigenvalue weighted by molar-refractivity contribution is 7.07. The predicted octanol–water partition coefficient (Wildman–Crippen LogP) is 4.46. The van der Waals surface area contributed by atoms with Gasteiger partial charge in [0.1, 0.15) is 12.3 Å². The highest BCUT2D eigenvalue weighted by Gasteiger charge is 2.35. The first-order chi connectivity index (χ1) is 21.9. The van der Waals surface area contributed by atoms with Crippen LogP contribution in [-0.4, -0.2) is 41.4 Å². The molecule has 3 heterocycles. The van der Waals surface area contributed by atoms with Gasteiger partial charge in [-0.15, -0.1) is 0 Å². The maximum atomic E-state index is 14.3. The molecule has 0 amide bonds. The van der Waals surface area contributed by atoms with Gasteiger partial charge in [-0.25, -0.2) is 9.79 Å². The minimum atomic E-state index is -0.797. The fourth-order valence-corrected chi connectivity index (χ4v) is 6.54. The highest BCUT2D eigenvalue weighted by atomic mass is 32.1. The molecule has 1 aliphatic rings. The zero-order valence-corrected chi connectivity index (χ0v) is 25.9. The number of rotatable bonds is 9. The lowest BCUT2D eigenvalue weighted by Crippen LogP contribution is -2.40. The quantitative estimate of drug-likeness (QED) is 0.225. The summed E-state index contributed by atoms with van der Waals surface area (Å²) in [5, 5.41) is 0.886. The van der Waals surface area contributed by atoms with Crippen molar-refractivity contribution in [1.29, 1.82) is 0 Å². The topological polar surface area (TPSA) is 101 Å². The fourth-order valence-electron chi connectivity index (χ4n) is 5.55. The third kappa shape index (κ3) is 5.72. The first-order valence-corrected chi connectivity index (χ1v) is 15.4. The summed E-state index contributed by atoms with van der Waals surface area (Å²) in [6.45, 7) is 4.02. The summed E-state index contributed by atoms with van der Waals surface area (Å²) in [6.07, 6.45) is 3.66. The van der Waals surface area contributed by atoms with Gasteiger partial charge in [0.15, 0.2) is 4.80 Å². The van der Waals surface area contributed by atoms with Crippen LogP contribution in [0.5, 0.6) is 5.75 Å². The van der Waals surface area contributed by atoms with Gasteiger partial charge >= 0.3 is 11.9 Å². The Kier molecular flexibility index (Phi) is 8.48. The second-order valence-electron chi connectivity index (χ2n) is 10.2. The number of ether oxygens (including phenoxy) is 3. The Bertz CT molecular complexity index is 2110. The molecule has 1 atom stereocenters. The summed E-state index contributed by atoms with van der Waals surface area (Å²) in [4.78, 5) is 45.7. The van der Waals surface area contributed by atoms with Crippen molar-refractivity contribution in [3.05, 3.63) is 127 Å². The molecule has 0 unspecified atom stereocenters. The maximum Gasteiger partial charge on any atom is 0.338 e. The first kappa shape index (κ1) is 29.8. The fraction of sp³-hybridized carbons (Fsp3) is 0.200. The largest absolute Gasteiger partial charge is 0.497 e. The van der Waals surface area contributed by atoms with E-state index in [0.717, 1.165) is 22.0 Å². The summed E-state index contributed by atoms with van der Waals surface area (Å²) >= 11 is 1.24. The van der Waals surface area contributed by atoms with Gasteiger partial charge in [0.25, 0.3) is 5.56 Å². The van der Waals surface area contributed by atoms with E-state index < -0.39 is 12.0 Å². The summed E-state index contributed by atoms with van der Waals surface area (Å²) < 4.78 is 19.9. The van der Waals surface area contributed by atoms with Crippen molar-refractivity contribution < 1.29 is 23.8 Å². The Morgan fingerprint density at radius 2 is 1.64 bits per heavy atom. The van der Waals surface area contributed by atoms with E-state index >= 15 is 0 Å². The number of nitrogens with zero attached hydrogens (tertiary/aromatic N) is 3. The number of aromatic nitrogens is 2. The average Bonchev–Trinajstić information content (AvgIpc) is 3.56. The molecule has 0 spiro atoms. The average molecular weight is 622 g/mol. The number of carbonyl (C=O) groups excluding carboxylic acids is 2. The normalized spacial score (nSPS) is 14.6. The number of carbonyl (C=O) groups is 2. The molecule has 0 aliphatic carbocycles. The van der Waals surface area contributed by atoms with Crippen molar-refractivity contribution in [3.8, 4) is 5.75 Å². The standard InChI is InChI=1S/C35H31N3O6S/c1-4-43-29(39)21-37-20-24(26-13-9-10-14-27(26)37)19-28-33(40)38-32(23-15-17-25(42-3)18-16-23)30(34(41)44-5-2)31(36-35(38)45-28)22-11-7-6-8-12-22/h6-20,32H,4-5,21H2,1-3H3/b28-19-/t32-/m1/s1. The Morgan fingerprint density at radius 3 is 2.36 bits per heavy atom. The lowest BCUT2D eigenvalue weighted by molar-refractivity contribution is -0.143. The van der Waals surface area contributed by atoms with Crippen molar-refractivity contribution in [2.45, 2.75) is 26.4 Å². The summed E-state index contributed by atoms with van der Waals surface area (Å²) in [5.74, 6) is -0.240. The minimum Gasteiger partial charge on any atom is -0.497 e. The van der Waals surface area contributed by atoms with Gasteiger partial charge in [0.2, 0.25) is 0 Å². The molecule has 0 saturated carbocycles. The monoisotopic (exact) mass is 621 g/mol. The summed E-state index contributed by atoms with van der Waals surface area (Å²) in [5.41, 5.74) is 3.49. The van der Waals surface area contributed by atoms with Gasteiger partial charge in [0.05, 0.1) is 42.2 Å². The molecule has 0 fully saturated rings. The van der Waals surface area contributed by atoms with Crippen LogP contribution in [0, 0.1) is 0 Å². The lowest BCUT2D eigenvalue weighted by atomic mass is 9.93. The molecule has 0 bridgehead atoms. The van der Waals surface area contributed by atoms with Crippen molar-refractivity contribution in [2.24, 2.45) is 4.99 Å². The van der Waals surface area contributed by atoms with Crippen LogP contribution in [0.15, 0.2) is 100 Å². The van der Waals surface area contributed by atoms with E-state index in [-0.39, 0.29) is 30.3 Å². The van der Waals surface area contributed by atoms with E-state index in [9.17, 15) is 14.4 Å². The summed E-state index contributed by atoms with van der Waals surface area (Å²) in [7, 11) is 1.58. The van der Waals surface area contributed by atoms with Crippen LogP contribution in [0.2, 0.25) is 0 Å². The Balaban J connectivity index is 1.59. The van der Waals surface area contributed by atoms with E-state index in [4.69, 9.17) is 19.2 Å². The first-order valence-electron chi connectivity index (χ1n) is 14.6. The third-order valence-corrected chi connectivity index (χ3v) is 8.50. The molecule has 2 aromatic heterocycles. The molecule has 45 heavy (non-hydrogen) atoms. The van der Waals surface area contributed by atoms with Gasteiger partial charge in [-0.05, 0) is 43.7 Å². The number of esters is 2. The third-order valence-electron chi connectivity index (χ3n) is 7.52. The molecule has 0 N–H and O–H groups in total. The van der Waals surface area contributed by atoms with Crippen LogP contribution >= 0.6 is 11.3 Å². The van der Waals surface area contributed by atoms with Crippen LogP contribution in [0.25, 0.3) is 22.7 Å². The molecule has 6 rings (SSSR count). The number of thiazole rings is 1. The van der Waals surface area contributed by atoms with Crippen LogP contribution in [-0.2, 0) is 25.6 Å². The van der Waals surface area contributed by atoms with Gasteiger partial charge in [-0.2, -0.15) is 0 Å². The molecule has 228 valence electrons. The molecule has 9 nitrogen and oxygen atoms in total. The van der Waals surface area contributed by atoms with Gasteiger partial charge in [-0.1, -0.05) is 72.0 Å². The predicted molar refractivity (Wildman–Crippen MR) is 173 cm³/mol. The van der Waals surface area contributed by atoms with Gasteiger partial charge in [-0.3, -0.25) is 14.2 Å². The molecule has 1 aliphatic heterocycles. The van der Waals surface area contributed by atoms with Crippen molar-refractivity contribution in [3.63, 3.8) is 0 Å². The number of methoxy groups -OCH3 is 1. The molecule has 0 radical (unpaired) electrons. The minimum absolute atomic E-state index is 0.0459. The van der Waals surface area contributed by atoms with Crippen LogP contribution in [0.3, 0.4) is 0 Å². The van der Waals surface area contributed by atoms with Gasteiger partial charge in [0, 0.05) is 28.2 Å². The zero-order valence-electron chi connectivity index (χ0n) is 25.1. The highest BCUT2D eigenvalue weighted by Crippen LogP contribution is 2.35. The number of hydrogen-bond acceptors (Lipinski definition) is 8. The summed E-state index contributed by atoms with van der Waals surface area (Å²) in [6, 6.07) is 23.6. The zero-order chi connectivity index (χ0) is 31.5. The van der Waals surface area contributed by atoms with E-state index in [1.165, 1.54) is 11.3 Å². The second-order valence-corrected chi connectivity index (χ2v) is 11.2. The molecule has 5 aromatic rings. The van der Waals surface area contributed by atoms with E-state index in [2.05, 4.69) is 0 Å². The SMILES string of the molecule is CCOC(=O)Cn1cc(/C=c2\sc3n(c2=O)[C@H](c2ccc(OC)cc2)C(C(=O)OCC)=C(c2ccccc2)N=3)c2ccccc21. The van der Waals surface area contributed by atoms with Crippen LogP contribution < -0.4 is 19.6 Å². The van der Waals surface area contributed by atoms with Gasteiger partial charge < -0.3 is 18.8 Å². The maximum absolute atomic E-state index is 14.3. The molecular formula is C35H31N3O6S. The van der Waals surface area contributed by atoms with Crippen molar-refractivity contribution >= 4 is 46.0 Å². The van der Waals surface area contributed by atoms with Crippen LogP contribution in [0.4, 0.5) is 0 Å². The van der Waals surface area contributed by atoms with E-state index in [1.54, 1.807) is 37.7 Å². The van der Waals surface area contributed by atoms with E-state index in [1.807, 2.05) is 83.6 Å². The second kappa shape index (κ2) is 12.8.